The Morgan fingerprint density at radius 2 is 1.52 bits per heavy atom. The largest absolute Gasteiger partial charge is 0.355 e. The lowest BCUT2D eigenvalue weighted by Crippen LogP contribution is -2.47. The van der Waals surface area contributed by atoms with E-state index in [0.717, 1.165) is 55.6 Å². The maximum Gasteiger partial charge on any atom is 0.193 e. The van der Waals surface area contributed by atoms with E-state index in [9.17, 15) is 4.79 Å². The molecule has 0 bridgehead atoms. The summed E-state index contributed by atoms with van der Waals surface area (Å²) in [4.78, 5) is 22.5. The van der Waals surface area contributed by atoms with Crippen LogP contribution in [0.5, 0.6) is 0 Å². The predicted octanol–water partition coefficient (Wildman–Crippen LogP) is 4.02. The SMILES string of the molecule is Cc1ccc2c(=O)cc(N3CCN(Cc4ccccc4)CC3)n(-c3ccccc3)c2n1. The van der Waals surface area contributed by atoms with Gasteiger partial charge in [0.25, 0.3) is 0 Å². The second kappa shape index (κ2) is 8.36. The summed E-state index contributed by atoms with van der Waals surface area (Å²) in [5.74, 6) is 0.918. The summed E-state index contributed by atoms with van der Waals surface area (Å²) in [5.41, 5.74) is 4.01. The van der Waals surface area contributed by atoms with Crippen molar-refractivity contribution in [1.82, 2.24) is 14.5 Å². The first-order valence-electron chi connectivity index (χ1n) is 10.8. The topological polar surface area (TPSA) is 41.4 Å². The van der Waals surface area contributed by atoms with Gasteiger partial charge < -0.3 is 4.90 Å². The highest BCUT2D eigenvalue weighted by Gasteiger charge is 2.22. The van der Waals surface area contributed by atoms with Gasteiger partial charge in [0.05, 0.1) is 5.39 Å². The van der Waals surface area contributed by atoms with Gasteiger partial charge in [-0.25, -0.2) is 4.98 Å². The minimum atomic E-state index is 0.0244. The lowest BCUT2D eigenvalue weighted by molar-refractivity contribution is 0.249. The van der Waals surface area contributed by atoms with E-state index in [0.29, 0.717) is 5.39 Å². The van der Waals surface area contributed by atoms with E-state index in [2.05, 4.69) is 56.8 Å². The highest BCUT2D eigenvalue weighted by molar-refractivity contribution is 5.80. The number of anilines is 1. The average Bonchev–Trinajstić information content (AvgIpc) is 2.80. The molecular weight excluding hydrogens is 384 g/mol. The van der Waals surface area contributed by atoms with Crippen molar-refractivity contribution in [3.05, 3.63) is 100 Å². The van der Waals surface area contributed by atoms with Crippen LogP contribution in [0, 0.1) is 6.92 Å². The Hall–Kier alpha value is -3.44. The number of nitrogens with zero attached hydrogens (tertiary/aromatic N) is 4. The first-order valence-corrected chi connectivity index (χ1v) is 10.8. The quantitative estimate of drug-likeness (QED) is 0.510. The van der Waals surface area contributed by atoms with Crippen molar-refractivity contribution in [2.24, 2.45) is 0 Å². The van der Waals surface area contributed by atoms with E-state index in [1.807, 2.05) is 37.3 Å². The van der Waals surface area contributed by atoms with Gasteiger partial charge in [0.2, 0.25) is 0 Å². The van der Waals surface area contributed by atoms with Crippen LogP contribution in [0.15, 0.2) is 83.7 Å². The smallest absolute Gasteiger partial charge is 0.193 e. The maximum absolute atomic E-state index is 13.0. The number of pyridine rings is 2. The zero-order chi connectivity index (χ0) is 21.2. The van der Waals surface area contributed by atoms with E-state index in [-0.39, 0.29) is 5.43 Å². The molecule has 4 aromatic rings. The Morgan fingerprint density at radius 1 is 0.839 bits per heavy atom. The Kier molecular flexibility index (Phi) is 5.26. The third-order valence-corrected chi connectivity index (χ3v) is 5.94. The Morgan fingerprint density at radius 3 is 2.23 bits per heavy atom. The number of piperazine rings is 1. The molecule has 1 aliphatic heterocycles. The van der Waals surface area contributed by atoms with Crippen LogP contribution in [0.4, 0.5) is 5.82 Å². The average molecular weight is 411 g/mol. The highest BCUT2D eigenvalue weighted by atomic mass is 16.1. The number of aromatic nitrogens is 2. The van der Waals surface area contributed by atoms with Crippen LogP contribution >= 0.6 is 0 Å². The summed E-state index contributed by atoms with van der Waals surface area (Å²) in [5, 5.41) is 0.654. The molecule has 5 nitrogen and oxygen atoms in total. The first-order chi connectivity index (χ1) is 15.2. The molecule has 5 heteroatoms. The Bertz CT molecular complexity index is 1240. The minimum absolute atomic E-state index is 0.0244. The molecule has 2 aromatic carbocycles. The van der Waals surface area contributed by atoms with Gasteiger partial charge in [0.1, 0.15) is 11.5 Å². The monoisotopic (exact) mass is 410 g/mol. The van der Waals surface area contributed by atoms with E-state index in [1.54, 1.807) is 6.07 Å². The summed E-state index contributed by atoms with van der Waals surface area (Å²) in [6, 6.07) is 26.4. The number of hydrogen-bond acceptors (Lipinski definition) is 4. The molecule has 31 heavy (non-hydrogen) atoms. The number of aryl methyl sites for hydroxylation is 1. The summed E-state index contributed by atoms with van der Waals surface area (Å²) in [6.45, 7) is 6.58. The number of hydrogen-bond donors (Lipinski definition) is 0. The Labute approximate surface area is 182 Å². The van der Waals surface area contributed by atoms with E-state index < -0.39 is 0 Å². The van der Waals surface area contributed by atoms with Gasteiger partial charge in [0, 0.05) is 50.2 Å². The second-order valence-electron chi connectivity index (χ2n) is 8.11. The van der Waals surface area contributed by atoms with Crippen molar-refractivity contribution < 1.29 is 0 Å². The van der Waals surface area contributed by atoms with Crippen LogP contribution in [0.1, 0.15) is 11.3 Å². The predicted molar refractivity (Wildman–Crippen MR) is 126 cm³/mol. The van der Waals surface area contributed by atoms with Crippen LogP contribution in [-0.4, -0.2) is 40.6 Å². The molecule has 3 heterocycles. The minimum Gasteiger partial charge on any atom is -0.355 e. The van der Waals surface area contributed by atoms with Crippen LogP contribution in [0.3, 0.4) is 0 Å². The molecule has 1 saturated heterocycles. The molecule has 2 aromatic heterocycles. The molecule has 0 N–H and O–H groups in total. The van der Waals surface area contributed by atoms with Crippen LogP contribution < -0.4 is 10.3 Å². The van der Waals surface area contributed by atoms with Crippen molar-refractivity contribution in [3.8, 4) is 5.69 Å². The Balaban J connectivity index is 1.51. The molecular formula is C26H26N4O. The zero-order valence-corrected chi connectivity index (χ0v) is 17.7. The molecule has 0 atom stereocenters. The fourth-order valence-electron chi connectivity index (χ4n) is 4.31. The summed E-state index contributed by atoms with van der Waals surface area (Å²) >= 11 is 0. The molecule has 5 rings (SSSR count). The number of rotatable bonds is 4. The number of para-hydroxylation sites is 1. The van der Waals surface area contributed by atoms with Crippen LogP contribution in [0.25, 0.3) is 16.7 Å². The van der Waals surface area contributed by atoms with Crippen LogP contribution in [-0.2, 0) is 6.54 Å². The first kappa shape index (κ1) is 19.5. The fourth-order valence-corrected chi connectivity index (χ4v) is 4.31. The maximum atomic E-state index is 13.0. The van der Waals surface area contributed by atoms with Gasteiger partial charge in [-0.3, -0.25) is 14.3 Å². The molecule has 0 aliphatic carbocycles. The second-order valence-corrected chi connectivity index (χ2v) is 8.11. The van der Waals surface area contributed by atoms with Gasteiger partial charge in [-0.05, 0) is 36.8 Å². The van der Waals surface area contributed by atoms with Crippen molar-refractivity contribution in [2.75, 3.05) is 31.1 Å². The van der Waals surface area contributed by atoms with Crippen molar-refractivity contribution in [1.29, 1.82) is 0 Å². The summed E-state index contributed by atoms with van der Waals surface area (Å²) in [6.07, 6.45) is 0. The standard InChI is InChI=1S/C26H26N4O/c1-20-12-13-23-24(31)18-25(30(26(23)27-20)22-10-6-3-7-11-22)29-16-14-28(15-17-29)19-21-8-4-2-5-9-21/h2-13,18H,14-17,19H2,1H3. The highest BCUT2D eigenvalue weighted by Crippen LogP contribution is 2.25. The van der Waals surface area contributed by atoms with Gasteiger partial charge in [0.15, 0.2) is 5.43 Å². The normalized spacial score (nSPS) is 14.8. The molecule has 156 valence electrons. The summed E-state index contributed by atoms with van der Waals surface area (Å²) < 4.78 is 2.14. The molecule has 0 radical (unpaired) electrons. The van der Waals surface area contributed by atoms with E-state index >= 15 is 0 Å². The molecule has 1 aliphatic rings. The zero-order valence-electron chi connectivity index (χ0n) is 17.7. The fraction of sp³-hybridized carbons (Fsp3) is 0.231. The lowest BCUT2D eigenvalue weighted by Gasteiger charge is -2.37. The van der Waals surface area contributed by atoms with Gasteiger partial charge in [-0.15, -0.1) is 0 Å². The molecule has 0 saturated carbocycles. The molecule has 0 spiro atoms. The number of benzene rings is 2. The van der Waals surface area contributed by atoms with Crippen molar-refractivity contribution >= 4 is 16.9 Å². The molecule has 0 amide bonds. The van der Waals surface area contributed by atoms with Crippen molar-refractivity contribution in [2.45, 2.75) is 13.5 Å². The van der Waals surface area contributed by atoms with Crippen molar-refractivity contribution in [3.63, 3.8) is 0 Å². The van der Waals surface area contributed by atoms with E-state index in [4.69, 9.17) is 4.98 Å². The van der Waals surface area contributed by atoms with Crippen LogP contribution in [0.2, 0.25) is 0 Å². The third-order valence-electron chi connectivity index (χ3n) is 5.94. The van der Waals surface area contributed by atoms with Gasteiger partial charge in [-0.1, -0.05) is 48.5 Å². The van der Waals surface area contributed by atoms with Gasteiger partial charge in [-0.2, -0.15) is 0 Å². The molecule has 1 fully saturated rings. The summed E-state index contributed by atoms with van der Waals surface area (Å²) in [7, 11) is 0. The van der Waals surface area contributed by atoms with E-state index in [1.165, 1.54) is 5.56 Å². The third kappa shape index (κ3) is 3.97. The van der Waals surface area contributed by atoms with Gasteiger partial charge >= 0.3 is 0 Å². The lowest BCUT2D eigenvalue weighted by atomic mass is 10.2. The molecule has 0 unspecified atom stereocenters. The number of fused-ring (bicyclic) bond motifs is 1.